The number of nitrogens with zero attached hydrogens (tertiary/aromatic N) is 2. The van der Waals surface area contributed by atoms with E-state index in [-0.39, 0.29) is 17.2 Å². The van der Waals surface area contributed by atoms with Gasteiger partial charge in [-0.05, 0) is 16.7 Å². The van der Waals surface area contributed by atoms with E-state index in [1.807, 2.05) is 20.8 Å². The maximum Gasteiger partial charge on any atom is 0.328 e. The fourth-order valence-electron chi connectivity index (χ4n) is 3.73. The maximum atomic E-state index is 12.8. The van der Waals surface area contributed by atoms with Crippen molar-refractivity contribution in [3.63, 3.8) is 0 Å². The van der Waals surface area contributed by atoms with Crippen molar-refractivity contribution < 1.29 is 19.1 Å². The molecule has 1 saturated carbocycles. The van der Waals surface area contributed by atoms with Crippen LogP contribution in [0.15, 0.2) is 4.99 Å². The predicted molar refractivity (Wildman–Crippen MR) is 79.6 cm³/mol. The Morgan fingerprint density at radius 3 is 2.41 bits per heavy atom. The molecular formula is C16H24N2O4. The second-order valence-corrected chi connectivity index (χ2v) is 7.90. The van der Waals surface area contributed by atoms with Crippen molar-refractivity contribution in [2.75, 3.05) is 13.7 Å². The highest BCUT2D eigenvalue weighted by Crippen LogP contribution is 2.65. The summed E-state index contributed by atoms with van der Waals surface area (Å²) in [6.45, 7) is 10.2. The number of rotatable bonds is 3. The van der Waals surface area contributed by atoms with Gasteiger partial charge in [-0.3, -0.25) is 4.79 Å². The molecule has 122 valence electrons. The predicted octanol–water partition coefficient (Wildman–Crippen LogP) is 1.39. The molecule has 0 unspecified atom stereocenters. The molecule has 2 fully saturated rings. The third-order valence-corrected chi connectivity index (χ3v) is 5.17. The summed E-state index contributed by atoms with van der Waals surface area (Å²) in [4.78, 5) is 40.9. The van der Waals surface area contributed by atoms with Gasteiger partial charge in [0.15, 0.2) is 0 Å². The van der Waals surface area contributed by atoms with Gasteiger partial charge >= 0.3 is 5.97 Å². The largest absolute Gasteiger partial charge is 0.467 e. The van der Waals surface area contributed by atoms with Crippen molar-refractivity contribution in [3.8, 4) is 0 Å². The monoisotopic (exact) mass is 308 g/mol. The summed E-state index contributed by atoms with van der Waals surface area (Å²) >= 11 is 0. The Hall–Kier alpha value is -1.68. The average molecular weight is 308 g/mol. The van der Waals surface area contributed by atoms with E-state index in [9.17, 15) is 14.4 Å². The number of isocyanates is 1. The molecule has 0 aromatic rings. The van der Waals surface area contributed by atoms with Crippen molar-refractivity contribution in [3.05, 3.63) is 0 Å². The summed E-state index contributed by atoms with van der Waals surface area (Å²) in [6.07, 6.45) is 1.49. The molecule has 4 atom stereocenters. The lowest BCUT2D eigenvalue weighted by Gasteiger charge is -2.34. The Balaban J connectivity index is 2.29. The van der Waals surface area contributed by atoms with Crippen LogP contribution in [0.25, 0.3) is 0 Å². The molecule has 2 rings (SSSR count). The van der Waals surface area contributed by atoms with Gasteiger partial charge in [0.1, 0.15) is 12.1 Å². The number of hydrogen-bond donors (Lipinski definition) is 0. The summed E-state index contributed by atoms with van der Waals surface area (Å²) in [5, 5.41) is 0. The van der Waals surface area contributed by atoms with Gasteiger partial charge in [0, 0.05) is 12.5 Å². The molecule has 2 aliphatic rings. The second kappa shape index (κ2) is 5.20. The molecule has 0 N–H and O–H groups in total. The standard InChI is InChI=1S/C16H24N2O4/c1-15(2,3)12(17-8-19)13(20)18-7-9-10(16(9,4)5)11(18)14(21)22-6/h9-12H,7H2,1-6H3/t9-,10-,11-,12+/m0/s1. The lowest BCUT2D eigenvalue weighted by molar-refractivity contribution is -0.154. The molecule has 1 aliphatic carbocycles. The minimum atomic E-state index is -0.835. The van der Waals surface area contributed by atoms with Crippen LogP contribution in [0.1, 0.15) is 34.6 Å². The van der Waals surface area contributed by atoms with Crippen LogP contribution in [0.2, 0.25) is 0 Å². The Bertz CT molecular complexity index is 543. The molecule has 0 spiro atoms. The number of carbonyl (C=O) groups is 2. The zero-order valence-electron chi connectivity index (χ0n) is 14.0. The number of carbonyl (C=O) groups excluding carboxylic acids is 3. The van der Waals surface area contributed by atoms with E-state index in [0.717, 1.165) is 0 Å². The number of esters is 1. The summed E-state index contributed by atoms with van der Waals surface area (Å²) in [5.74, 6) is -0.283. The van der Waals surface area contributed by atoms with Gasteiger partial charge in [0.2, 0.25) is 12.0 Å². The average Bonchev–Trinajstić information content (AvgIpc) is 2.79. The zero-order chi connectivity index (χ0) is 16.9. The van der Waals surface area contributed by atoms with Crippen molar-refractivity contribution in [1.29, 1.82) is 0 Å². The third-order valence-electron chi connectivity index (χ3n) is 5.17. The smallest absolute Gasteiger partial charge is 0.328 e. The minimum Gasteiger partial charge on any atom is -0.467 e. The molecule has 6 heteroatoms. The Labute approximate surface area is 130 Å². The van der Waals surface area contributed by atoms with Crippen LogP contribution in [-0.2, 0) is 19.1 Å². The molecule has 22 heavy (non-hydrogen) atoms. The van der Waals surface area contributed by atoms with E-state index < -0.39 is 23.5 Å². The molecule has 6 nitrogen and oxygen atoms in total. The molecule has 1 aliphatic heterocycles. The highest BCUT2D eigenvalue weighted by Gasteiger charge is 2.70. The fourth-order valence-corrected chi connectivity index (χ4v) is 3.73. The Morgan fingerprint density at radius 1 is 1.36 bits per heavy atom. The van der Waals surface area contributed by atoms with Gasteiger partial charge in [0.25, 0.3) is 0 Å². The number of ether oxygens (including phenoxy) is 1. The fraction of sp³-hybridized carbons (Fsp3) is 0.812. The minimum absolute atomic E-state index is 0.0425. The molecule has 0 aromatic heterocycles. The van der Waals surface area contributed by atoms with Crippen molar-refractivity contribution >= 4 is 18.0 Å². The molecule has 0 radical (unpaired) electrons. The normalized spacial score (nSPS) is 30.1. The first-order valence-corrected chi connectivity index (χ1v) is 7.52. The molecule has 0 bridgehead atoms. The first kappa shape index (κ1) is 16.7. The van der Waals surface area contributed by atoms with Crippen LogP contribution in [0.5, 0.6) is 0 Å². The summed E-state index contributed by atoms with van der Waals surface area (Å²) in [5.41, 5.74) is -0.474. The lowest BCUT2D eigenvalue weighted by Crippen LogP contribution is -2.51. The van der Waals surface area contributed by atoms with Gasteiger partial charge in [0.05, 0.1) is 7.11 Å². The summed E-state index contributed by atoms with van der Waals surface area (Å²) in [6, 6.07) is -1.41. The van der Waals surface area contributed by atoms with E-state index in [1.165, 1.54) is 13.2 Å². The van der Waals surface area contributed by atoms with Crippen molar-refractivity contribution in [2.24, 2.45) is 27.7 Å². The van der Waals surface area contributed by atoms with Gasteiger partial charge < -0.3 is 9.64 Å². The molecule has 0 aromatic carbocycles. The third kappa shape index (κ3) is 2.45. The van der Waals surface area contributed by atoms with Gasteiger partial charge in [-0.2, -0.15) is 4.99 Å². The molecule has 1 amide bonds. The maximum absolute atomic E-state index is 12.8. The molecule has 1 heterocycles. The number of fused-ring (bicyclic) bond motifs is 1. The van der Waals surface area contributed by atoms with Crippen LogP contribution < -0.4 is 0 Å². The molecule has 1 saturated heterocycles. The van der Waals surface area contributed by atoms with E-state index in [1.54, 1.807) is 4.90 Å². The highest BCUT2D eigenvalue weighted by molar-refractivity contribution is 5.90. The van der Waals surface area contributed by atoms with Crippen LogP contribution in [0.3, 0.4) is 0 Å². The van der Waals surface area contributed by atoms with Crippen LogP contribution >= 0.6 is 0 Å². The number of aliphatic imine (C=N–C) groups is 1. The number of hydrogen-bond acceptors (Lipinski definition) is 5. The number of likely N-dealkylation sites (tertiary alicyclic amines) is 1. The number of piperidine rings is 1. The van der Waals surface area contributed by atoms with Gasteiger partial charge in [-0.15, -0.1) is 0 Å². The van der Waals surface area contributed by atoms with Gasteiger partial charge in [-0.25, -0.2) is 9.59 Å². The SMILES string of the molecule is COC(=O)[C@@H]1[C@@H]2[C@H](CN1C(=O)[C@@H](N=C=O)C(C)(C)C)C2(C)C. The second-order valence-electron chi connectivity index (χ2n) is 7.90. The van der Waals surface area contributed by atoms with Crippen molar-refractivity contribution in [2.45, 2.75) is 46.7 Å². The summed E-state index contributed by atoms with van der Waals surface area (Å²) < 4.78 is 4.89. The molecular weight excluding hydrogens is 284 g/mol. The van der Waals surface area contributed by atoms with E-state index in [0.29, 0.717) is 12.5 Å². The van der Waals surface area contributed by atoms with E-state index in [4.69, 9.17) is 4.74 Å². The van der Waals surface area contributed by atoms with Crippen molar-refractivity contribution in [1.82, 2.24) is 4.90 Å². The van der Waals surface area contributed by atoms with E-state index in [2.05, 4.69) is 18.8 Å². The topological polar surface area (TPSA) is 76.0 Å². The summed E-state index contributed by atoms with van der Waals surface area (Å²) in [7, 11) is 1.33. The first-order valence-electron chi connectivity index (χ1n) is 7.52. The number of amides is 1. The van der Waals surface area contributed by atoms with Crippen LogP contribution in [-0.4, -0.2) is 48.6 Å². The van der Waals surface area contributed by atoms with E-state index >= 15 is 0 Å². The highest BCUT2D eigenvalue weighted by atomic mass is 16.5. The Kier molecular flexibility index (Phi) is 3.94. The van der Waals surface area contributed by atoms with Crippen LogP contribution in [0.4, 0.5) is 0 Å². The lowest BCUT2D eigenvalue weighted by atomic mass is 9.85. The Morgan fingerprint density at radius 2 is 1.95 bits per heavy atom. The first-order chi connectivity index (χ1) is 10.1. The van der Waals surface area contributed by atoms with Gasteiger partial charge in [-0.1, -0.05) is 34.6 Å². The van der Waals surface area contributed by atoms with Crippen LogP contribution in [0, 0.1) is 22.7 Å². The quantitative estimate of drug-likeness (QED) is 0.448. The number of methoxy groups -OCH3 is 1. The zero-order valence-corrected chi connectivity index (χ0v) is 14.0.